The second-order valence-corrected chi connectivity index (χ2v) is 4.95. The number of carboxylic acids is 1. The maximum absolute atomic E-state index is 12.0. The van der Waals surface area contributed by atoms with Crippen LogP contribution in [-0.2, 0) is 9.59 Å². The Morgan fingerprint density at radius 2 is 2.11 bits per heavy atom. The highest BCUT2D eigenvalue weighted by atomic mass is 16.5. The number of rotatable bonds is 3. The molecule has 3 atom stereocenters. The average Bonchev–Trinajstić information content (AvgIpc) is 2.85. The van der Waals surface area contributed by atoms with Gasteiger partial charge < -0.3 is 9.63 Å². The van der Waals surface area contributed by atoms with Crippen LogP contribution in [0, 0.1) is 24.7 Å². The number of anilines is 1. The van der Waals surface area contributed by atoms with E-state index in [1.54, 1.807) is 13.0 Å². The Kier molecular flexibility index (Phi) is 3.36. The Balaban J connectivity index is 2.06. The molecule has 18 heavy (non-hydrogen) atoms. The molecule has 2 rings (SSSR count). The van der Waals surface area contributed by atoms with Crippen molar-refractivity contribution in [2.24, 2.45) is 17.8 Å². The van der Waals surface area contributed by atoms with E-state index in [2.05, 4.69) is 10.5 Å². The third-order valence-corrected chi connectivity index (χ3v) is 3.33. The molecule has 0 spiro atoms. The maximum atomic E-state index is 12.0. The second kappa shape index (κ2) is 4.80. The van der Waals surface area contributed by atoms with Crippen LogP contribution >= 0.6 is 0 Å². The third kappa shape index (κ3) is 2.52. The van der Waals surface area contributed by atoms with Crippen LogP contribution < -0.4 is 5.32 Å². The fourth-order valence-corrected chi connectivity index (χ4v) is 2.49. The molecule has 1 aliphatic carbocycles. The molecule has 6 heteroatoms. The second-order valence-electron chi connectivity index (χ2n) is 4.95. The largest absolute Gasteiger partial charge is 0.481 e. The first kappa shape index (κ1) is 12.6. The summed E-state index contributed by atoms with van der Waals surface area (Å²) in [4.78, 5) is 23.1. The highest BCUT2D eigenvalue weighted by Gasteiger charge is 2.41. The van der Waals surface area contributed by atoms with Gasteiger partial charge in [0.15, 0.2) is 0 Å². The summed E-state index contributed by atoms with van der Waals surface area (Å²) in [5.41, 5.74) is 0.667. The summed E-state index contributed by atoms with van der Waals surface area (Å²) in [6.45, 7) is 3.71. The highest BCUT2D eigenvalue weighted by molar-refractivity contribution is 5.94. The maximum Gasteiger partial charge on any atom is 0.307 e. The Morgan fingerprint density at radius 1 is 1.44 bits per heavy atom. The van der Waals surface area contributed by atoms with E-state index < -0.39 is 17.8 Å². The monoisotopic (exact) mass is 252 g/mol. The molecule has 1 aliphatic rings. The normalized spacial score (nSPS) is 27.1. The molecule has 1 heterocycles. The van der Waals surface area contributed by atoms with E-state index in [0.29, 0.717) is 18.5 Å². The number of amides is 1. The van der Waals surface area contributed by atoms with Crippen LogP contribution in [-0.4, -0.2) is 22.1 Å². The summed E-state index contributed by atoms with van der Waals surface area (Å²) in [6.07, 6.45) is 1.14. The number of hydrogen-bond donors (Lipinski definition) is 2. The van der Waals surface area contributed by atoms with E-state index in [9.17, 15) is 9.59 Å². The smallest absolute Gasteiger partial charge is 0.307 e. The molecule has 0 bridgehead atoms. The van der Waals surface area contributed by atoms with Gasteiger partial charge in [0.2, 0.25) is 11.8 Å². The zero-order valence-electron chi connectivity index (χ0n) is 10.3. The van der Waals surface area contributed by atoms with E-state index in [0.717, 1.165) is 0 Å². The molecule has 1 aromatic heterocycles. The van der Waals surface area contributed by atoms with E-state index in [-0.39, 0.29) is 17.7 Å². The highest BCUT2D eigenvalue weighted by Crippen LogP contribution is 2.37. The predicted octanol–water partition coefficient (Wildman–Crippen LogP) is 1.67. The molecule has 0 saturated heterocycles. The summed E-state index contributed by atoms with van der Waals surface area (Å²) in [5.74, 6) is -1.80. The molecule has 3 unspecified atom stereocenters. The van der Waals surface area contributed by atoms with E-state index >= 15 is 0 Å². The summed E-state index contributed by atoms with van der Waals surface area (Å²) in [5, 5.41) is 15.3. The number of aryl methyl sites for hydroxylation is 1. The minimum Gasteiger partial charge on any atom is -0.481 e. The van der Waals surface area contributed by atoms with Crippen LogP contribution in [0.15, 0.2) is 10.6 Å². The molecule has 98 valence electrons. The lowest BCUT2D eigenvalue weighted by Crippen LogP contribution is -2.29. The molecule has 0 radical (unpaired) electrons. The molecule has 1 amide bonds. The quantitative estimate of drug-likeness (QED) is 0.853. The number of carbonyl (C=O) groups is 2. The van der Waals surface area contributed by atoms with Crippen molar-refractivity contribution in [3.8, 4) is 0 Å². The minimum absolute atomic E-state index is 0.248. The summed E-state index contributed by atoms with van der Waals surface area (Å²) in [7, 11) is 0. The van der Waals surface area contributed by atoms with Crippen LogP contribution in [0.1, 0.15) is 25.5 Å². The van der Waals surface area contributed by atoms with Gasteiger partial charge in [-0.1, -0.05) is 12.1 Å². The van der Waals surface area contributed by atoms with Crippen LogP contribution in [0.2, 0.25) is 0 Å². The zero-order valence-corrected chi connectivity index (χ0v) is 10.3. The average molecular weight is 252 g/mol. The van der Waals surface area contributed by atoms with Crippen molar-refractivity contribution in [1.82, 2.24) is 5.16 Å². The Bertz CT molecular complexity index is 468. The first-order valence-corrected chi connectivity index (χ1v) is 5.94. The van der Waals surface area contributed by atoms with Gasteiger partial charge >= 0.3 is 5.97 Å². The molecular formula is C12H16N2O4. The van der Waals surface area contributed by atoms with E-state index in [1.807, 2.05) is 6.92 Å². The fourth-order valence-electron chi connectivity index (χ4n) is 2.49. The van der Waals surface area contributed by atoms with Gasteiger partial charge in [-0.05, 0) is 25.7 Å². The van der Waals surface area contributed by atoms with Crippen molar-refractivity contribution < 1.29 is 19.2 Å². The number of hydrogen-bond acceptors (Lipinski definition) is 4. The van der Waals surface area contributed by atoms with Gasteiger partial charge in [0.25, 0.3) is 0 Å². The van der Waals surface area contributed by atoms with Gasteiger partial charge in [-0.25, -0.2) is 0 Å². The van der Waals surface area contributed by atoms with Crippen molar-refractivity contribution in [3.63, 3.8) is 0 Å². The van der Waals surface area contributed by atoms with Gasteiger partial charge in [0.1, 0.15) is 0 Å². The van der Waals surface area contributed by atoms with Crippen LogP contribution in [0.5, 0.6) is 0 Å². The van der Waals surface area contributed by atoms with Crippen LogP contribution in [0.25, 0.3) is 0 Å². The van der Waals surface area contributed by atoms with Gasteiger partial charge in [-0.2, -0.15) is 0 Å². The fraction of sp³-hybridized carbons (Fsp3) is 0.583. The topological polar surface area (TPSA) is 92.4 Å². The summed E-state index contributed by atoms with van der Waals surface area (Å²) in [6, 6.07) is 1.60. The molecular weight excluding hydrogens is 236 g/mol. The van der Waals surface area contributed by atoms with Crippen molar-refractivity contribution in [2.45, 2.75) is 26.7 Å². The number of carboxylic acid groups (broad SMARTS) is 1. The van der Waals surface area contributed by atoms with Gasteiger partial charge in [0.05, 0.1) is 17.5 Å². The summed E-state index contributed by atoms with van der Waals surface area (Å²) >= 11 is 0. The molecule has 1 fully saturated rings. The number of nitrogens with zero attached hydrogens (tertiary/aromatic N) is 1. The lowest BCUT2D eigenvalue weighted by atomic mass is 9.95. The van der Waals surface area contributed by atoms with Crippen LogP contribution in [0.4, 0.5) is 5.88 Å². The third-order valence-electron chi connectivity index (χ3n) is 3.33. The molecule has 1 aromatic rings. The van der Waals surface area contributed by atoms with E-state index in [1.165, 1.54) is 0 Å². The van der Waals surface area contributed by atoms with Gasteiger partial charge in [-0.15, -0.1) is 0 Å². The molecule has 0 aromatic carbocycles. The zero-order chi connectivity index (χ0) is 13.3. The molecule has 6 nitrogen and oxygen atoms in total. The number of aliphatic carboxylic acids is 1. The lowest BCUT2D eigenvalue weighted by Gasteiger charge is -2.13. The van der Waals surface area contributed by atoms with Gasteiger partial charge in [-0.3, -0.25) is 14.9 Å². The lowest BCUT2D eigenvalue weighted by molar-refractivity contribution is -0.145. The Hall–Kier alpha value is -1.85. The number of carbonyl (C=O) groups excluding carboxylic acids is 1. The predicted molar refractivity (Wildman–Crippen MR) is 62.9 cm³/mol. The van der Waals surface area contributed by atoms with Crippen molar-refractivity contribution in [3.05, 3.63) is 11.8 Å². The van der Waals surface area contributed by atoms with E-state index in [4.69, 9.17) is 9.63 Å². The SMILES string of the molecule is Cc1cc(NC(=O)C2CC(C)CC2C(=O)O)on1. The summed E-state index contributed by atoms with van der Waals surface area (Å²) < 4.78 is 4.89. The number of aromatic nitrogens is 1. The van der Waals surface area contributed by atoms with Crippen molar-refractivity contribution in [1.29, 1.82) is 0 Å². The first-order valence-electron chi connectivity index (χ1n) is 5.94. The molecule has 0 aliphatic heterocycles. The van der Waals surface area contributed by atoms with Gasteiger partial charge in [0, 0.05) is 6.07 Å². The first-order chi connectivity index (χ1) is 8.47. The molecule has 2 N–H and O–H groups in total. The van der Waals surface area contributed by atoms with Crippen LogP contribution in [0.3, 0.4) is 0 Å². The number of nitrogens with one attached hydrogen (secondary N) is 1. The van der Waals surface area contributed by atoms with Crippen molar-refractivity contribution >= 4 is 17.8 Å². The Labute approximate surface area is 104 Å². The molecule has 1 saturated carbocycles. The minimum atomic E-state index is -0.909. The standard InChI is InChI=1S/C12H16N2O4/c1-6-3-8(9(4-6)12(16)17)11(15)13-10-5-7(2)14-18-10/h5-6,8-9H,3-4H2,1-2H3,(H,13,15)(H,16,17). The van der Waals surface area contributed by atoms with Crippen molar-refractivity contribution in [2.75, 3.05) is 5.32 Å². The Morgan fingerprint density at radius 3 is 2.67 bits per heavy atom.